The smallest absolute Gasteiger partial charge is 0.186 e. The van der Waals surface area contributed by atoms with E-state index in [-0.39, 0.29) is 5.41 Å². The summed E-state index contributed by atoms with van der Waals surface area (Å²) in [4.78, 5) is 8.82. The van der Waals surface area contributed by atoms with Crippen LogP contribution in [-0.2, 0) is 12.0 Å². The normalized spacial score (nSPS) is 12.5. The van der Waals surface area contributed by atoms with Crippen molar-refractivity contribution in [1.82, 2.24) is 10.3 Å². The van der Waals surface area contributed by atoms with E-state index >= 15 is 0 Å². The van der Waals surface area contributed by atoms with Crippen LogP contribution in [0.2, 0.25) is 0 Å². The van der Waals surface area contributed by atoms with Gasteiger partial charge in [-0.05, 0) is 20.3 Å². The van der Waals surface area contributed by atoms with Gasteiger partial charge in [0, 0.05) is 35.5 Å². The van der Waals surface area contributed by atoms with Gasteiger partial charge >= 0.3 is 0 Å². The number of anilines is 1. The van der Waals surface area contributed by atoms with Crippen molar-refractivity contribution in [3.63, 3.8) is 0 Å². The van der Waals surface area contributed by atoms with Gasteiger partial charge in [-0.2, -0.15) is 0 Å². The lowest BCUT2D eigenvalue weighted by Gasteiger charge is -2.25. The summed E-state index contributed by atoms with van der Waals surface area (Å²) in [6.45, 7) is 19.9. The molecule has 1 aromatic rings. The lowest BCUT2D eigenvalue weighted by Crippen LogP contribution is -2.31. The molecule has 0 radical (unpaired) electrons. The summed E-state index contributed by atoms with van der Waals surface area (Å²) in [6, 6.07) is 0.995. The third-order valence-corrected chi connectivity index (χ3v) is 4.49. The number of aromatic nitrogens is 1. The summed E-state index contributed by atoms with van der Waals surface area (Å²) < 4.78 is 0. The summed E-state index contributed by atoms with van der Waals surface area (Å²) in [6.07, 6.45) is 1.15. The van der Waals surface area contributed by atoms with Crippen molar-refractivity contribution < 1.29 is 0 Å². The SMILES string of the molecule is CCCN(c1nc(C(C)(C)C)c(CNC(C)C)s1)C(C)C. The zero-order valence-electron chi connectivity index (χ0n) is 15.1. The van der Waals surface area contributed by atoms with E-state index in [1.807, 2.05) is 11.3 Å². The van der Waals surface area contributed by atoms with Crippen LogP contribution in [0.5, 0.6) is 0 Å². The van der Waals surface area contributed by atoms with Crippen LogP contribution in [0.1, 0.15) is 72.4 Å². The molecule has 0 unspecified atom stereocenters. The van der Waals surface area contributed by atoms with Crippen molar-refractivity contribution in [1.29, 1.82) is 0 Å². The maximum Gasteiger partial charge on any atom is 0.186 e. The standard InChI is InChI=1S/C17H33N3S/c1-9-10-20(13(4)5)16-19-15(17(6,7)8)14(21-16)11-18-12(2)3/h12-13,18H,9-11H2,1-8H3. The van der Waals surface area contributed by atoms with E-state index in [0.717, 1.165) is 19.5 Å². The van der Waals surface area contributed by atoms with Gasteiger partial charge in [0.25, 0.3) is 0 Å². The first kappa shape index (κ1) is 18.4. The molecule has 0 fully saturated rings. The van der Waals surface area contributed by atoms with E-state index in [2.05, 4.69) is 65.6 Å². The van der Waals surface area contributed by atoms with Crippen molar-refractivity contribution in [2.75, 3.05) is 11.4 Å². The molecule has 3 nitrogen and oxygen atoms in total. The minimum atomic E-state index is 0.0948. The van der Waals surface area contributed by atoms with Gasteiger partial charge in [-0.1, -0.05) is 41.5 Å². The third-order valence-electron chi connectivity index (χ3n) is 3.40. The highest BCUT2D eigenvalue weighted by atomic mass is 32.1. The predicted molar refractivity (Wildman–Crippen MR) is 95.6 cm³/mol. The average Bonchev–Trinajstić information content (AvgIpc) is 2.76. The molecule has 21 heavy (non-hydrogen) atoms. The van der Waals surface area contributed by atoms with Gasteiger partial charge in [-0.25, -0.2) is 4.98 Å². The zero-order valence-corrected chi connectivity index (χ0v) is 15.9. The highest BCUT2D eigenvalue weighted by Gasteiger charge is 2.25. The second kappa shape index (κ2) is 7.59. The first-order valence-electron chi connectivity index (χ1n) is 8.17. The van der Waals surface area contributed by atoms with Gasteiger partial charge < -0.3 is 10.2 Å². The number of rotatable bonds is 7. The fourth-order valence-corrected chi connectivity index (χ4v) is 3.66. The van der Waals surface area contributed by atoms with E-state index in [1.165, 1.54) is 15.7 Å². The monoisotopic (exact) mass is 311 g/mol. The summed E-state index contributed by atoms with van der Waals surface area (Å²) in [5.41, 5.74) is 1.34. The van der Waals surface area contributed by atoms with Crippen molar-refractivity contribution >= 4 is 16.5 Å². The van der Waals surface area contributed by atoms with Crippen LogP contribution < -0.4 is 10.2 Å². The fourth-order valence-electron chi connectivity index (χ4n) is 2.28. The first-order valence-corrected chi connectivity index (χ1v) is 8.98. The number of thiazole rings is 1. The molecule has 0 spiro atoms. The lowest BCUT2D eigenvalue weighted by atomic mass is 9.91. The van der Waals surface area contributed by atoms with Gasteiger partial charge in [0.05, 0.1) is 5.69 Å². The molecular formula is C17H33N3S. The van der Waals surface area contributed by atoms with Crippen LogP contribution in [0.4, 0.5) is 5.13 Å². The minimum absolute atomic E-state index is 0.0948. The van der Waals surface area contributed by atoms with Crippen molar-refractivity contribution in [2.45, 2.75) is 85.9 Å². The van der Waals surface area contributed by atoms with Crippen molar-refractivity contribution in [3.05, 3.63) is 10.6 Å². The number of hydrogen-bond acceptors (Lipinski definition) is 4. The second-order valence-electron chi connectivity index (χ2n) is 7.34. The van der Waals surface area contributed by atoms with Crippen LogP contribution in [-0.4, -0.2) is 23.6 Å². The Bertz CT molecular complexity index is 430. The molecule has 1 heterocycles. The zero-order chi connectivity index (χ0) is 16.2. The van der Waals surface area contributed by atoms with Crippen LogP contribution in [0.25, 0.3) is 0 Å². The molecule has 0 aliphatic heterocycles. The maximum absolute atomic E-state index is 5.00. The molecule has 122 valence electrons. The second-order valence-corrected chi connectivity index (χ2v) is 8.40. The molecule has 0 saturated carbocycles. The lowest BCUT2D eigenvalue weighted by molar-refractivity contribution is 0.544. The Balaban J connectivity index is 3.12. The Morgan fingerprint density at radius 3 is 2.24 bits per heavy atom. The highest BCUT2D eigenvalue weighted by molar-refractivity contribution is 7.15. The summed E-state index contributed by atoms with van der Waals surface area (Å²) in [5.74, 6) is 0. The molecule has 0 aliphatic carbocycles. The molecule has 0 amide bonds. The molecule has 0 bridgehead atoms. The molecule has 0 atom stereocenters. The summed E-state index contributed by atoms with van der Waals surface area (Å²) >= 11 is 1.86. The summed E-state index contributed by atoms with van der Waals surface area (Å²) in [7, 11) is 0. The van der Waals surface area contributed by atoms with Gasteiger partial charge in [0.15, 0.2) is 5.13 Å². The molecule has 0 aromatic carbocycles. The number of hydrogen-bond donors (Lipinski definition) is 1. The Labute approximate surface area is 135 Å². The number of nitrogens with one attached hydrogen (secondary N) is 1. The van der Waals surface area contributed by atoms with E-state index in [9.17, 15) is 0 Å². The average molecular weight is 312 g/mol. The molecule has 1 aromatic heterocycles. The molecule has 0 aliphatic rings. The number of nitrogens with zero attached hydrogens (tertiary/aromatic N) is 2. The van der Waals surface area contributed by atoms with Crippen LogP contribution in [0.15, 0.2) is 0 Å². The largest absolute Gasteiger partial charge is 0.346 e. The highest BCUT2D eigenvalue weighted by Crippen LogP contribution is 2.34. The molecular weight excluding hydrogens is 278 g/mol. The Morgan fingerprint density at radius 2 is 1.81 bits per heavy atom. The molecule has 4 heteroatoms. The van der Waals surface area contributed by atoms with Gasteiger partial charge in [0.2, 0.25) is 0 Å². The predicted octanol–water partition coefficient (Wildman–Crippen LogP) is 4.56. The van der Waals surface area contributed by atoms with Crippen LogP contribution >= 0.6 is 11.3 Å². The van der Waals surface area contributed by atoms with E-state index in [0.29, 0.717) is 12.1 Å². The molecule has 0 saturated heterocycles. The Morgan fingerprint density at radius 1 is 1.19 bits per heavy atom. The van der Waals surface area contributed by atoms with E-state index < -0.39 is 0 Å². The quantitative estimate of drug-likeness (QED) is 0.800. The van der Waals surface area contributed by atoms with E-state index in [1.54, 1.807) is 0 Å². The van der Waals surface area contributed by atoms with Gasteiger partial charge in [-0.3, -0.25) is 0 Å². The van der Waals surface area contributed by atoms with E-state index in [4.69, 9.17) is 4.98 Å². The fraction of sp³-hybridized carbons (Fsp3) is 0.824. The van der Waals surface area contributed by atoms with Crippen LogP contribution in [0.3, 0.4) is 0 Å². The van der Waals surface area contributed by atoms with Gasteiger partial charge in [0.1, 0.15) is 0 Å². The topological polar surface area (TPSA) is 28.2 Å². The van der Waals surface area contributed by atoms with Gasteiger partial charge in [-0.15, -0.1) is 11.3 Å². The third kappa shape index (κ3) is 5.26. The van der Waals surface area contributed by atoms with Crippen LogP contribution in [0, 0.1) is 0 Å². The minimum Gasteiger partial charge on any atom is -0.346 e. The Kier molecular flexibility index (Phi) is 6.67. The Hall–Kier alpha value is -0.610. The first-order chi connectivity index (χ1) is 9.66. The molecule has 1 N–H and O–H groups in total. The maximum atomic E-state index is 5.00. The summed E-state index contributed by atoms with van der Waals surface area (Å²) in [5, 5.41) is 4.72. The molecule has 1 rings (SSSR count). The van der Waals surface area contributed by atoms with Crippen molar-refractivity contribution in [2.24, 2.45) is 0 Å². The van der Waals surface area contributed by atoms with Crippen molar-refractivity contribution in [3.8, 4) is 0 Å².